The van der Waals surface area contributed by atoms with E-state index in [-0.39, 0.29) is 18.0 Å². The van der Waals surface area contributed by atoms with Crippen molar-refractivity contribution in [3.05, 3.63) is 35.6 Å². The number of rotatable bonds is 2. The Kier molecular flexibility index (Phi) is 3.34. The zero-order chi connectivity index (χ0) is 10.1. The Morgan fingerprint density at radius 1 is 1.40 bits per heavy atom. The zero-order valence-electron chi connectivity index (χ0n) is 7.77. The lowest BCUT2D eigenvalue weighted by Gasteiger charge is -1.92. The molecule has 0 radical (unpaired) electrons. The van der Waals surface area contributed by atoms with Gasteiger partial charge in [0.1, 0.15) is 11.3 Å². The van der Waals surface area contributed by atoms with E-state index in [0.717, 1.165) is 5.39 Å². The van der Waals surface area contributed by atoms with Crippen molar-refractivity contribution in [2.24, 2.45) is 5.73 Å². The van der Waals surface area contributed by atoms with Crippen LogP contribution >= 0.6 is 12.4 Å². The van der Waals surface area contributed by atoms with E-state index in [0.29, 0.717) is 17.9 Å². The number of carboxylic acid groups (broad SMARTS) is 1. The van der Waals surface area contributed by atoms with E-state index in [1.165, 1.54) is 6.07 Å². The van der Waals surface area contributed by atoms with Crippen LogP contribution in [0.25, 0.3) is 11.0 Å². The van der Waals surface area contributed by atoms with Crippen molar-refractivity contribution in [3.63, 3.8) is 0 Å². The average Bonchev–Trinajstić information content (AvgIpc) is 2.58. The Bertz CT molecular complexity index is 492. The van der Waals surface area contributed by atoms with Crippen LogP contribution in [-0.2, 0) is 6.54 Å². The maximum Gasteiger partial charge on any atom is 0.335 e. The number of benzene rings is 1. The van der Waals surface area contributed by atoms with Gasteiger partial charge in [-0.25, -0.2) is 4.79 Å². The van der Waals surface area contributed by atoms with E-state index in [9.17, 15) is 4.79 Å². The van der Waals surface area contributed by atoms with Gasteiger partial charge in [0.05, 0.1) is 12.1 Å². The minimum atomic E-state index is -0.961. The molecule has 0 saturated carbocycles. The van der Waals surface area contributed by atoms with E-state index < -0.39 is 5.97 Å². The van der Waals surface area contributed by atoms with Gasteiger partial charge in [0.15, 0.2) is 0 Å². The second-order valence-electron chi connectivity index (χ2n) is 2.97. The van der Waals surface area contributed by atoms with Gasteiger partial charge >= 0.3 is 5.97 Å². The second-order valence-corrected chi connectivity index (χ2v) is 2.97. The van der Waals surface area contributed by atoms with Crippen LogP contribution in [0.5, 0.6) is 0 Å². The average molecular weight is 228 g/mol. The number of fused-ring (bicyclic) bond motifs is 1. The largest absolute Gasteiger partial charge is 0.478 e. The maximum atomic E-state index is 10.7. The third-order valence-corrected chi connectivity index (χ3v) is 2.02. The molecule has 0 amide bonds. The summed E-state index contributed by atoms with van der Waals surface area (Å²) in [6.07, 6.45) is 0. The summed E-state index contributed by atoms with van der Waals surface area (Å²) in [5.74, 6) is -0.305. The molecule has 0 aliphatic heterocycles. The van der Waals surface area contributed by atoms with Gasteiger partial charge in [-0.1, -0.05) is 6.07 Å². The SMILES string of the molecule is Cl.NCc1cc2ccc(C(=O)O)cc2o1. The molecule has 15 heavy (non-hydrogen) atoms. The van der Waals surface area contributed by atoms with Gasteiger partial charge in [0.25, 0.3) is 0 Å². The number of hydrogen-bond acceptors (Lipinski definition) is 3. The van der Waals surface area contributed by atoms with Crippen molar-refractivity contribution in [1.82, 2.24) is 0 Å². The van der Waals surface area contributed by atoms with E-state index in [1.54, 1.807) is 18.2 Å². The Hall–Kier alpha value is -1.52. The van der Waals surface area contributed by atoms with Gasteiger partial charge in [-0.3, -0.25) is 0 Å². The van der Waals surface area contributed by atoms with Crippen LogP contribution in [0.3, 0.4) is 0 Å². The summed E-state index contributed by atoms with van der Waals surface area (Å²) in [5.41, 5.74) is 6.18. The number of carbonyl (C=O) groups is 1. The molecule has 0 bridgehead atoms. The van der Waals surface area contributed by atoms with Crippen LogP contribution in [0.4, 0.5) is 0 Å². The monoisotopic (exact) mass is 227 g/mol. The highest BCUT2D eigenvalue weighted by Gasteiger charge is 2.07. The number of aromatic carboxylic acids is 1. The topological polar surface area (TPSA) is 76.5 Å². The Morgan fingerprint density at radius 2 is 2.13 bits per heavy atom. The number of carboxylic acids is 1. The first-order valence-corrected chi connectivity index (χ1v) is 4.16. The first kappa shape index (κ1) is 11.6. The summed E-state index contributed by atoms with van der Waals surface area (Å²) < 4.78 is 5.32. The molecule has 80 valence electrons. The number of furan rings is 1. The Labute approximate surface area is 92.1 Å². The molecule has 2 rings (SSSR count). The molecule has 1 aromatic heterocycles. The first-order valence-electron chi connectivity index (χ1n) is 4.16. The molecule has 2 aromatic rings. The molecule has 3 N–H and O–H groups in total. The van der Waals surface area contributed by atoms with Gasteiger partial charge in [0, 0.05) is 5.39 Å². The summed E-state index contributed by atoms with van der Waals surface area (Å²) in [5, 5.41) is 9.61. The molecule has 1 heterocycles. The van der Waals surface area contributed by atoms with Gasteiger partial charge in [-0.2, -0.15) is 0 Å². The van der Waals surface area contributed by atoms with Gasteiger partial charge in [-0.05, 0) is 18.2 Å². The van der Waals surface area contributed by atoms with Crippen molar-refractivity contribution in [1.29, 1.82) is 0 Å². The third-order valence-electron chi connectivity index (χ3n) is 2.02. The summed E-state index contributed by atoms with van der Waals surface area (Å²) in [6, 6.07) is 6.56. The van der Waals surface area contributed by atoms with Gasteiger partial charge in [0.2, 0.25) is 0 Å². The fraction of sp³-hybridized carbons (Fsp3) is 0.100. The van der Waals surface area contributed by atoms with Crippen molar-refractivity contribution in [2.45, 2.75) is 6.54 Å². The van der Waals surface area contributed by atoms with Crippen LogP contribution in [0.2, 0.25) is 0 Å². The number of hydrogen-bond donors (Lipinski definition) is 2. The highest BCUT2D eigenvalue weighted by Crippen LogP contribution is 2.20. The molecule has 0 aliphatic rings. The molecular formula is C10H10ClNO3. The third kappa shape index (κ3) is 2.11. The molecule has 0 aliphatic carbocycles. The summed E-state index contributed by atoms with van der Waals surface area (Å²) >= 11 is 0. The van der Waals surface area contributed by atoms with Crippen LogP contribution in [0.15, 0.2) is 28.7 Å². The highest BCUT2D eigenvalue weighted by molar-refractivity contribution is 5.92. The van der Waals surface area contributed by atoms with Crippen LogP contribution < -0.4 is 5.73 Å². The molecule has 0 unspecified atom stereocenters. The molecule has 0 spiro atoms. The number of halogens is 1. The molecule has 1 aromatic carbocycles. The fourth-order valence-electron chi connectivity index (χ4n) is 1.32. The fourth-order valence-corrected chi connectivity index (χ4v) is 1.32. The van der Waals surface area contributed by atoms with Crippen molar-refractivity contribution in [3.8, 4) is 0 Å². The molecule has 4 nitrogen and oxygen atoms in total. The Morgan fingerprint density at radius 3 is 2.73 bits per heavy atom. The highest BCUT2D eigenvalue weighted by atomic mass is 35.5. The van der Waals surface area contributed by atoms with E-state index in [1.807, 2.05) is 0 Å². The van der Waals surface area contributed by atoms with E-state index in [2.05, 4.69) is 0 Å². The quantitative estimate of drug-likeness (QED) is 0.823. The van der Waals surface area contributed by atoms with Crippen molar-refractivity contribution in [2.75, 3.05) is 0 Å². The lowest BCUT2D eigenvalue weighted by atomic mass is 10.2. The Balaban J connectivity index is 0.00000112. The van der Waals surface area contributed by atoms with E-state index >= 15 is 0 Å². The number of nitrogens with two attached hydrogens (primary N) is 1. The van der Waals surface area contributed by atoms with Crippen LogP contribution in [0, 0.1) is 0 Å². The van der Waals surface area contributed by atoms with Crippen molar-refractivity contribution >= 4 is 29.3 Å². The summed E-state index contributed by atoms with van der Waals surface area (Å²) in [7, 11) is 0. The van der Waals surface area contributed by atoms with Gasteiger partial charge in [-0.15, -0.1) is 12.4 Å². The molecular weight excluding hydrogens is 218 g/mol. The van der Waals surface area contributed by atoms with Crippen molar-refractivity contribution < 1.29 is 14.3 Å². The minimum Gasteiger partial charge on any atom is -0.478 e. The standard InChI is InChI=1S/C10H9NO3.ClH/c11-5-8-3-6-1-2-7(10(12)13)4-9(6)14-8;/h1-4H,5,11H2,(H,12,13);1H. The smallest absolute Gasteiger partial charge is 0.335 e. The lowest BCUT2D eigenvalue weighted by Crippen LogP contribution is -1.94. The second kappa shape index (κ2) is 4.33. The molecule has 0 saturated heterocycles. The molecule has 0 atom stereocenters. The van der Waals surface area contributed by atoms with Gasteiger partial charge < -0.3 is 15.3 Å². The predicted molar refractivity (Wildman–Crippen MR) is 58.3 cm³/mol. The summed E-state index contributed by atoms with van der Waals surface area (Å²) in [6.45, 7) is 0.317. The zero-order valence-corrected chi connectivity index (χ0v) is 8.58. The molecule has 5 heteroatoms. The van der Waals surface area contributed by atoms with E-state index in [4.69, 9.17) is 15.3 Å². The predicted octanol–water partition coefficient (Wildman–Crippen LogP) is 2.01. The first-order chi connectivity index (χ1) is 6.70. The normalized spacial score (nSPS) is 9.93. The lowest BCUT2D eigenvalue weighted by molar-refractivity contribution is 0.0697. The minimum absolute atomic E-state index is 0. The molecule has 0 fully saturated rings. The maximum absolute atomic E-state index is 10.7. The van der Waals surface area contributed by atoms with Crippen LogP contribution in [0.1, 0.15) is 16.1 Å². The van der Waals surface area contributed by atoms with Crippen LogP contribution in [-0.4, -0.2) is 11.1 Å². The summed E-state index contributed by atoms with van der Waals surface area (Å²) in [4.78, 5) is 10.7.